The predicted molar refractivity (Wildman–Crippen MR) is 66.9 cm³/mol. The largest absolute Gasteiger partial charge is 0.480 e. The number of hydrogen-bond donors (Lipinski definition) is 2. The fraction of sp³-hybridized carbons (Fsp3) is 0.545. The highest BCUT2D eigenvalue weighted by atomic mass is 32.2. The van der Waals surface area contributed by atoms with E-state index in [4.69, 9.17) is 10.8 Å². The van der Waals surface area contributed by atoms with Crippen LogP contribution in [0.1, 0.15) is 19.4 Å². The van der Waals surface area contributed by atoms with Gasteiger partial charge in [0.1, 0.15) is 6.04 Å². The molecule has 1 unspecified atom stereocenters. The minimum atomic E-state index is -1.01. The minimum Gasteiger partial charge on any atom is -0.480 e. The second kappa shape index (κ2) is 6.56. The summed E-state index contributed by atoms with van der Waals surface area (Å²) >= 11 is 1.59. The Bertz CT molecular complexity index is 367. The second-order valence-electron chi connectivity index (χ2n) is 4.23. The van der Waals surface area contributed by atoms with Gasteiger partial charge in [-0.25, -0.2) is 9.97 Å². The van der Waals surface area contributed by atoms with Crippen molar-refractivity contribution in [3.8, 4) is 0 Å². The minimum absolute atomic E-state index is 0.254. The number of carboxylic acid groups (broad SMARTS) is 1. The van der Waals surface area contributed by atoms with E-state index < -0.39 is 12.0 Å². The Labute approximate surface area is 105 Å². The van der Waals surface area contributed by atoms with Gasteiger partial charge in [-0.1, -0.05) is 25.6 Å². The van der Waals surface area contributed by atoms with Crippen LogP contribution in [0.3, 0.4) is 0 Å². The number of thioether (sulfide) groups is 1. The fourth-order valence-corrected chi connectivity index (χ4v) is 1.84. The highest BCUT2D eigenvalue weighted by Gasteiger charge is 2.12. The van der Waals surface area contributed by atoms with E-state index >= 15 is 0 Å². The van der Waals surface area contributed by atoms with Gasteiger partial charge in [0.25, 0.3) is 0 Å². The lowest BCUT2D eigenvalue weighted by Crippen LogP contribution is -2.32. The molecule has 0 aliphatic carbocycles. The maximum absolute atomic E-state index is 10.6. The first-order valence-corrected chi connectivity index (χ1v) is 6.39. The number of hydrogen-bond acceptors (Lipinski definition) is 5. The van der Waals surface area contributed by atoms with Crippen LogP contribution >= 0.6 is 11.8 Å². The zero-order chi connectivity index (χ0) is 12.8. The van der Waals surface area contributed by atoms with Crippen LogP contribution in [0.15, 0.2) is 17.6 Å². The Morgan fingerprint density at radius 1 is 1.47 bits per heavy atom. The van der Waals surface area contributed by atoms with Crippen LogP contribution in [0, 0.1) is 5.92 Å². The lowest BCUT2D eigenvalue weighted by Gasteiger charge is -2.06. The van der Waals surface area contributed by atoms with Gasteiger partial charge in [0.15, 0.2) is 5.16 Å². The molecular weight excluding hydrogens is 238 g/mol. The van der Waals surface area contributed by atoms with Gasteiger partial charge in [-0.3, -0.25) is 4.79 Å². The van der Waals surface area contributed by atoms with Gasteiger partial charge in [0.2, 0.25) is 0 Å². The summed E-state index contributed by atoms with van der Waals surface area (Å²) in [7, 11) is 0. The van der Waals surface area contributed by atoms with E-state index in [1.54, 1.807) is 24.2 Å². The molecule has 6 heteroatoms. The molecule has 3 N–H and O–H groups in total. The lowest BCUT2D eigenvalue weighted by molar-refractivity contribution is -0.138. The third-order valence-electron chi connectivity index (χ3n) is 2.00. The third kappa shape index (κ3) is 5.14. The molecule has 1 rings (SSSR count). The normalized spacial score (nSPS) is 12.7. The summed E-state index contributed by atoms with van der Waals surface area (Å²) < 4.78 is 0. The second-order valence-corrected chi connectivity index (χ2v) is 5.21. The molecule has 0 spiro atoms. The summed E-state index contributed by atoms with van der Waals surface area (Å²) in [4.78, 5) is 18.9. The van der Waals surface area contributed by atoms with Crippen molar-refractivity contribution in [1.82, 2.24) is 9.97 Å². The molecule has 17 heavy (non-hydrogen) atoms. The van der Waals surface area contributed by atoms with E-state index in [2.05, 4.69) is 23.8 Å². The van der Waals surface area contributed by atoms with E-state index in [-0.39, 0.29) is 6.42 Å². The van der Waals surface area contributed by atoms with Crippen LogP contribution in [-0.4, -0.2) is 32.8 Å². The quantitative estimate of drug-likeness (QED) is 0.586. The van der Waals surface area contributed by atoms with Gasteiger partial charge in [-0.15, -0.1) is 0 Å². The zero-order valence-electron chi connectivity index (χ0n) is 9.96. The summed E-state index contributed by atoms with van der Waals surface area (Å²) in [6, 6.07) is -0.896. The molecule has 1 aromatic heterocycles. The molecule has 0 aliphatic heterocycles. The Hall–Kier alpha value is -1.14. The van der Waals surface area contributed by atoms with Crippen molar-refractivity contribution in [2.45, 2.75) is 31.5 Å². The molecule has 1 heterocycles. The molecule has 0 bridgehead atoms. The van der Waals surface area contributed by atoms with E-state index in [9.17, 15) is 4.79 Å². The van der Waals surface area contributed by atoms with Gasteiger partial charge in [-0.05, 0) is 11.5 Å². The highest BCUT2D eigenvalue weighted by Crippen LogP contribution is 2.15. The predicted octanol–water partition coefficient (Wildman–Crippen LogP) is 1.18. The molecule has 0 radical (unpaired) electrons. The van der Waals surface area contributed by atoms with Crippen molar-refractivity contribution in [1.29, 1.82) is 0 Å². The first kappa shape index (κ1) is 13.9. The summed E-state index contributed by atoms with van der Waals surface area (Å²) in [6.07, 6.45) is 3.53. The van der Waals surface area contributed by atoms with Crippen LogP contribution in [0.25, 0.3) is 0 Å². The smallest absolute Gasteiger partial charge is 0.320 e. The molecule has 1 atom stereocenters. The standard InChI is InChI=1S/C11H17N3O2S/c1-7(2)6-17-11-13-4-8(5-14-11)3-9(12)10(15)16/h4-5,7,9H,3,6,12H2,1-2H3,(H,15,16). The van der Waals surface area contributed by atoms with E-state index in [1.807, 2.05) is 0 Å². The van der Waals surface area contributed by atoms with Gasteiger partial charge < -0.3 is 10.8 Å². The monoisotopic (exact) mass is 255 g/mol. The maximum Gasteiger partial charge on any atom is 0.320 e. The topological polar surface area (TPSA) is 89.1 Å². The lowest BCUT2D eigenvalue weighted by atomic mass is 10.1. The van der Waals surface area contributed by atoms with Crippen molar-refractivity contribution in [2.24, 2.45) is 11.7 Å². The average Bonchev–Trinajstić information content (AvgIpc) is 2.28. The summed E-state index contributed by atoms with van der Waals surface area (Å²) in [5, 5.41) is 9.39. The molecule has 0 saturated carbocycles. The van der Waals surface area contributed by atoms with Crippen molar-refractivity contribution < 1.29 is 9.90 Å². The Morgan fingerprint density at radius 2 is 2.06 bits per heavy atom. The Balaban J connectivity index is 2.53. The molecule has 0 aliphatic rings. The van der Waals surface area contributed by atoms with Crippen molar-refractivity contribution in [3.05, 3.63) is 18.0 Å². The first-order chi connectivity index (χ1) is 7.99. The number of aromatic nitrogens is 2. The SMILES string of the molecule is CC(C)CSc1ncc(CC(N)C(=O)O)cn1. The molecule has 0 amide bonds. The van der Waals surface area contributed by atoms with Crippen LogP contribution in [-0.2, 0) is 11.2 Å². The molecule has 5 nitrogen and oxygen atoms in total. The van der Waals surface area contributed by atoms with Crippen LogP contribution in [0.5, 0.6) is 0 Å². The number of carboxylic acids is 1. The average molecular weight is 255 g/mol. The summed E-state index contributed by atoms with van der Waals surface area (Å²) in [5.41, 5.74) is 6.17. The van der Waals surface area contributed by atoms with Gasteiger partial charge in [0.05, 0.1) is 0 Å². The van der Waals surface area contributed by atoms with Crippen LogP contribution in [0.2, 0.25) is 0 Å². The van der Waals surface area contributed by atoms with E-state index in [0.29, 0.717) is 11.1 Å². The molecule has 0 saturated heterocycles. The van der Waals surface area contributed by atoms with Crippen molar-refractivity contribution in [2.75, 3.05) is 5.75 Å². The van der Waals surface area contributed by atoms with Crippen LogP contribution < -0.4 is 5.73 Å². The Kier molecular flexibility index (Phi) is 5.37. The number of rotatable bonds is 6. The molecule has 1 aromatic rings. The van der Waals surface area contributed by atoms with E-state index in [1.165, 1.54) is 0 Å². The molecule has 0 fully saturated rings. The molecular formula is C11H17N3O2S. The van der Waals surface area contributed by atoms with E-state index in [0.717, 1.165) is 11.3 Å². The van der Waals surface area contributed by atoms with Gasteiger partial charge in [-0.2, -0.15) is 0 Å². The Morgan fingerprint density at radius 3 is 2.53 bits per heavy atom. The first-order valence-electron chi connectivity index (χ1n) is 5.41. The number of nitrogens with two attached hydrogens (primary N) is 1. The molecule has 0 aromatic carbocycles. The van der Waals surface area contributed by atoms with Gasteiger partial charge in [0, 0.05) is 24.6 Å². The number of aliphatic carboxylic acids is 1. The van der Waals surface area contributed by atoms with Crippen LogP contribution in [0.4, 0.5) is 0 Å². The van der Waals surface area contributed by atoms with Gasteiger partial charge >= 0.3 is 5.97 Å². The highest BCUT2D eigenvalue weighted by molar-refractivity contribution is 7.99. The summed E-state index contributed by atoms with van der Waals surface area (Å²) in [6.45, 7) is 4.26. The number of nitrogens with zero attached hydrogens (tertiary/aromatic N) is 2. The number of carbonyl (C=O) groups is 1. The maximum atomic E-state index is 10.6. The van der Waals surface area contributed by atoms with Crippen molar-refractivity contribution >= 4 is 17.7 Å². The zero-order valence-corrected chi connectivity index (χ0v) is 10.8. The third-order valence-corrected chi connectivity index (χ3v) is 3.30. The fourth-order valence-electron chi connectivity index (χ4n) is 1.11. The molecule has 94 valence electrons. The van der Waals surface area contributed by atoms with Crippen molar-refractivity contribution in [3.63, 3.8) is 0 Å². The summed E-state index contributed by atoms with van der Waals surface area (Å²) in [5.74, 6) is 0.542.